The lowest BCUT2D eigenvalue weighted by Gasteiger charge is -2.36. The molecule has 0 radical (unpaired) electrons. The number of anilines is 2. The van der Waals surface area contributed by atoms with E-state index in [-0.39, 0.29) is 23.6 Å². The van der Waals surface area contributed by atoms with E-state index in [0.717, 1.165) is 11.3 Å². The minimum absolute atomic E-state index is 0.190. The maximum absolute atomic E-state index is 13.9. The van der Waals surface area contributed by atoms with Gasteiger partial charge in [-0.2, -0.15) is 0 Å². The number of fused-ring (bicyclic) bond motifs is 5. The van der Waals surface area contributed by atoms with Crippen LogP contribution >= 0.6 is 11.6 Å². The number of Topliss-reactive ketones (excluding diaryl/α,β-unsaturated/α-hetero) is 1. The van der Waals surface area contributed by atoms with Gasteiger partial charge in [0.2, 0.25) is 11.8 Å². The lowest BCUT2D eigenvalue weighted by atomic mass is 9.86. The molecule has 3 aromatic rings. The van der Waals surface area contributed by atoms with E-state index in [4.69, 9.17) is 11.6 Å². The number of hydrogen-bond donors (Lipinski definition) is 0. The summed E-state index contributed by atoms with van der Waals surface area (Å²) in [4.78, 5) is 44.5. The van der Waals surface area contributed by atoms with Gasteiger partial charge in [0.05, 0.1) is 23.6 Å². The first-order chi connectivity index (χ1) is 16.1. The average Bonchev–Trinajstić information content (AvgIpc) is 3.32. The van der Waals surface area contributed by atoms with Crippen molar-refractivity contribution in [2.45, 2.75) is 12.1 Å². The zero-order valence-electron chi connectivity index (χ0n) is 17.5. The van der Waals surface area contributed by atoms with Gasteiger partial charge in [0.15, 0.2) is 5.78 Å². The van der Waals surface area contributed by atoms with E-state index < -0.39 is 17.9 Å². The molecule has 6 rings (SSSR count). The van der Waals surface area contributed by atoms with Gasteiger partial charge in [-0.3, -0.25) is 14.4 Å². The molecular formula is C27H19ClN2O3. The van der Waals surface area contributed by atoms with Crippen molar-refractivity contribution in [2.75, 3.05) is 9.80 Å². The number of nitrogens with zero attached hydrogens (tertiary/aromatic N) is 2. The molecule has 3 aliphatic heterocycles. The second kappa shape index (κ2) is 7.42. The molecule has 2 fully saturated rings. The predicted octanol–water partition coefficient (Wildman–Crippen LogP) is 4.61. The molecule has 4 unspecified atom stereocenters. The summed E-state index contributed by atoms with van der Waals surface area (Å²) < 4.78 is 0. The van der Waals surface area contributed by atoms with Crippen molar-refractivity contribution in [1.82, 2.24) is 0 Å². The third-order valence-electron chi connectivity index (χ3n) is 6.83. The molecule has 33 heavy (non-hydrogen) atoms. The molecule has 3 heterocycles. The lowest BCUT2D eigenvalue weighted by Crippen LogP contribution is -2.48. The van der Waals surface area contributed by atoms with Crippen molar-refractivity contribution in [3.63, 3.8) is 0 Å². The summed E-state index contributed by atoms with van der Waals surface area (Å²) in [6.07, 6.45) is 3.93. The van der Waals surface area contributed by atoms with Gasteiger partial charge in [0, 0.05) is 16.3 Å². The number of imide groups is 1. The van der Waals surface area contributed by atoms with E-state index in [2.05, 4.69) is 0 Å². The Morgan fingerprint density at radius 1 is 0.788 bits per heavy atom. The second-order valence-electron chi connectivity index (χ2n) is 8.53. The molecule has 2 amide bonds. The Labute approximate surface area is 195 Å². The van der Waals surface area contributed by atoms with Gasteiger partial charge in [-0.25, -0.2) is 4.90 Å². The molecule has 0 aliphatic carbocycles. The van der Waals surface area contributed by atoms with Crippen molar-refractivity contribution in [3.05, 3.63) is 101 Å². The molecule has 5 nitrogen and oxygen atoms in total. The normalized spacial score (nSPS) is 25.1. The summed E-state index contributed by atoms with van der Waals surface area (Å²) in [5.74, 6) is -2.19. The summed E-state index contributed by atoms with van der Waals surface area (Å²) in [6.45, 7) is 0. The smallest absolute Gasteiger partial charge is 0.240 e. The maximum atomic E-state index is 13.9. The molecule has 6 heteroatoms. The first-order valence-corrected chi connectivity index (χ1v) is 11.2. The van der Waals surface area contributed by atoms with Crippen molar-refractivity contribution in [2.24, 2.45) is 11.8 Å². The number of rotatable bonds is 3. The van der Waals surface area contributed by atoms with Crippen LogP contribution in [-0.4, -0.2) is 29.7 Å². The molecule has 0 bridgehead atoms. The van der Waals surface area contributed by atoms with Gasteiger partial charge in [-0.15, -0.1) is 0 Å². The molecule has 2 saturated heterocycles. The van der Waals surface area contributed by atoms with E-state index in [1.807, 2.05) is 47.4 Å². The SMILES string of the molecule is O=C(c1ccc(Cl)cc1)C1C2C(=O)N(c3ccccc3)C(=O)C2C2C=Cc3ccccc3N21. The molecule has 162 valence electrons. The lowest BCUT2D eigenvalue weighted by molar-refractivity contribution is -0.122. The summed E-state index contributed by atoms with van der Waals surface area (Å²) in [5.41, 5.74) is 2.82. The van der Waals surface area contributed by atoms with Crippen LogP contribution in [0.15, 0.2) is 84.9 Å². The van der Waals surface area contributed by atoms with E-state index in [1.165, 1.54) is 4.90 Å². The van der Waals surface area contributed by atoms with Gasteiger partial charge < -0.3 is 4.90 Å². The number of carbonyl (C=O) groups is 3. The molecule has 3 aliphatic rings. The van der Waals surface area contributed by atoms with Gasteiger partial charge in [-0.05, 0) is 48.0 Å². The van der Waals surface area contributed by atoms with Crippen LogP contribution in [0.5, 0.6) is 0 Å². The number of amides is 2. The van der Waals surface area contributed by atoms with Crippen molar-refractivity contribution < 1.29 is 14.4 Å². The zero-order valence-corrected chi connectivity index (χ0v) is 18.2. The van der Waals surface area contributed by atoms with E-state index in [0.29, 0.717) is 16.3 Å². The number of benzene rings is 3. The van der Waals surface area contributed by atoms with Gasteiger partial charge in [-0.1, -0.05) is 60.2 Å². The van der Waals surface area contributed by atoms with E-state index in [9.17, 15) is 14.4 Å². The maximum Gasteiger partial charge on any atom is 0.240 e. The molecule has 4 atom stereocenters. The number of carbonyl (C=O) groups excluding carboxylic acids is 3. The van der Waals surface area contributed by atoms with Crippen LogP contribution in [0, 0.1) is 11.8 Å². The molecule has 0 N–H and O–H groups in total. The van der Waals surface area contributed by atoms with Crippen LogP contribution in [0.3, 0.4) is 0 Å². The fourth-order valence-electron chi connectivity index (χ4n) is 5.43. The number of para-hydroxylation sites is 2. The minimum atomic E-state index is -0.794. The third-order valence-corrected chi connectivity index (χ3v) is 7.08. The van der Waals surface area contributed by atoms with Gasteiger partial charge in [0.1, 0.15) is 6.04 Å². The molecular weight excluding hydrogens is 436 g/mol. The highest BCUT2D eigenvalue weighted by Crippen LogP contribution is 2.49. The topological polar surface area (TPSA) is 57.7 Å². The fraction of sp³-hybridized carbons (Fsp3) is 0.148. The minimum Gasteiger partial charge on any atom is -0.352 e. The molecule has 0 aromatic heterocycles. The van der Waals surface area contributed by atoms with Gasteiger partial charge in [0.25, 0.3) is 0 Å². The summed E-state index contributed by atoms with van der Waals surface area (Å²) in [7, 11) is 0. The Balaban J connectivity index is 1.50. The summed E-state index contributed by atoms with van der Waals surface area (Å²) in [5, 5.41) is 0.530. The van der Waals surface area contributed by atoms with E-state index in [1.54, 1.807) is 48.5 Å². The van der Waals surface area contributed by atoms with Crippen LogP contribution < -0.4 is 9.80 Å². The molecule has 3 aromatic carbocycles. The number of hydrogen-bond acceptors (Lipinski definition) is 4. The first kappa shape index (κ1) is 19.9. The highest BCUT2D eigenvalue weighted by Gasteiger charge is 2.64. The molecule has 0 spiro atoms. The molecule has 0 saturated carbocycles. The number of halogens is 1. The third kappa shape index (κ3) is 2.89. The van der Waals surface area contributed by atoms with Crippen molar-refractivity contribution in [1.29, 1.82) is 0 Å². The Morgan fingerprint density at radius 2 is 1.45 bits per heavy atom. The Morgan fingerprint density at radius 3 is 2.21 bits per heavy atom. The fourth-order valence-corrected chi connectivity index (χ4v) is 5.56. The quantitative estimate of drug-likeness (QED) is 0.428. The standard InChI is InChI=1S/C27H19ClN2O3/c28-18-13-10-17(11-14-18)25(31)24-23-22(21-15-12-16-6-4-5-9-20(16)30(21)24)26(32)29(27(23)33)19-7-2-1-3-8-19/h1-15,21-24H. The van der Waals surface area contributed by atoms with Crippen LogP contribution in [0.1, 0.15) is 15.9 Å². The largest absolute Gasteiger partial charge is 0.352 e. The van der Waals surface area contributed by atoms with Crippen LogP contribution in [0.4, 0.5) is 11.4 Å². The highest BCUT2D eigenvalue weighted by atomic mass is 35.5. The Kier molecular flexibility index (Phi) is 4.49. The first-order valence-electron chi connectivity index (χ1n) is 10.8. The summed E-state index contributed by atoms with van der Waals surface area (Å²) >= 11 is 6.04. The summed E-state index contributed by atoms with van der Waals surface area (Å²) in [6, 6.07) is 22.2. The van der Waals surface area contributed by atoms with Crippen molar-refractivity contribution >= 4 is 46.6 Å². The van der Waals surface area contributed by atoms with Crippen LogP contribution in [0.25, 0.3) is 6.08 Å². The highest BCUT2D eigenvalue weighted by molar-refractivity contribution is 6.30. The van der Waals surface area contributed by atoms with Crippen molar-refractivity contribution in [3.8, 4) is 0 Å². The average molecular weight is 455 g/mol. The monoisotopic (exact) mass is 454 g/mol. The van der Waals surface area contributed by atoms with Gasteiger partial charge >= 0.3 is 0 Å². The van der Waals surface area contributed by atoms with Crippen LogP contribution in [-0.2, 0) is 9.59 Å². The Bertz CT molecular complexity index is 1320. The van der Waals surface area contributed by atoms with E-state index >= 15 is 0 Å². The number of ketones is 1. The predicted molar refractivity (Wildman–Crippen MR) is 127 cm³/mol. The van der Waals surface area contributed by atoms with Crippen LogP contribution in [0.2, 0.25) is 5.02 Å². The second-order valence-corrected chi connectivity index (χ2v) is 8.97. The Hall–Kier alpha value is -3.70. The zero-order chi connectivity index (χ0) is 22.7.